The number of esters is 1. The highest BCUT2D eigenvalue weighted by atomic mass is 16.5. The van der Waals surface area contributed by atoms with Crippen molar-refractivity contribution >= 4 is 17.6 Å². The maximum atomic E-state index is 12.3. The van der Waals surface area contributed by atoms with Gasteiger partial charge in [0.1, 0.15) is 5.56 Å². The van der Waals surface area contributed by atoms with Crippen molar-refractivity contribution in [2.45, 2.75) is 33.1 Å². The lowest BCUT2D eigenvalue weighted by atomic mass is 9.87. The number of nitrogens with zero attached hydrogens (tertiary/aromatic N) is 2. The molecular weight excluding hydrogens is 350 g/mol. The molecule has 8 heteroatoms. The number of aromatic nitrogens is 2. The summed E-state index contributed by atoms with van der Waals surface area (Å²) < 4.78 is 6.03. The Hall–Kier alpha value is -3.16. The number of benzene rings is 1. The molecular formula is C19H21N3O5. The van der Waals surface area contributed by atoms with E-state index in [1.807, 2.05) is 19.9 Å². The van der Waals surface area contributed by atoms with Crippen molar-refractivity contribution < 1.29 is 14.3 Å². The van der Waals surface area contributed by atoms with Crippen LogP contribution in [0.15, 0.2) is 34.0 Å². The Kier molecular flexibility index (Phi) is 4.51. The van der Waals surface area contributed by atoms with Crippen molar-refractivity contribution in [2.75, 3.05) is 18.1 Å². The lowest BCUT2D eigenvalue weighted by molar-refractivity contribution is -0.116. The number of anilines is 1. The standard InChI is InChI=1S/C19H21N3O5/c1-5-27-17(25)13-9-21(18(26)20-16(13)24)12-6-7-14-15(8-12)22(11(2)23)10-19(14,3)4/h6-9H,5,10H2,1-4H3,(H,20,24,26). The van der Waals surface area contributed by atoms with Gasteiger partial charge in [-0.15, -0.1) is 0 Å². The maximum absolute atomic E-state index is 12.3. The Morgan fingerprint density at radius 1 is 1.26 bits per heavy atom. The lowest BCUT2D eigenvalue weighted by Gasteiger charge is -2.19. The summed E-state index contributed by atoms with van der Waals surface area (Å²) >= 11 is 0. The third-order valence-electron chi connectivity index (χ3n) is 4.65. The molecule has 8 nitrogen and oxygen atoms in total. The van der Waals surface area contributed by atoms with E-state index in [0.717, 1.165) is 10.1 Å². The number of amides is 1. The minimum atomic E-state index is -0.805. The van der Waals surface area contributed by atoms with Gasteiger partial charge in [-0.25, -0.2) is 9.59 Å². The molecule has 1 aliphatic rings. The summed E-state index contributed by atoms with van der Waals surface area (Å²) in [4.78, 5) is 52.0. The Bertz CT molecular complexity index is 1050. The Morgan fingerprint density at radius 2 is 1.96 bits per heavy atom. The van der Waals surface area contributed by atoms with E-state index in [1.54, 1.807) is 24.0 Å². The van der Waals surface area contributed by atoms with Gasteiger partial charge in [-0.1, -0.05) is 19.9 Å². The number of nitrogens with one attached hydrogen (secondary N) is 1. The molecule has 1 aromatic carbocycles. The summed E-state index contributed by atoms with van der Waals surface area (Å²) in [5.41, 5.74) is 0.170. The van der Waals surface area contributed by atoms with E-state index in [9.17, 15) is 19.2 Å². The van der Waals surface area contributed by atoms with Gasteiger partial charge in [0.2, 0.25) is 5.91 Å². The number of aromatic amines is 1. The van der Waals surface area contributed by atoms with Crippen molar-refractivity contribution in [3.63, 3.8) is 0 Å². The molecule has 0 bridgehead atoms. The van der Waals surface area contributed by atoms with E-state index < -0.39 is 17.2 Å². The quantitative estimate of drug-likeness (QED) is 0.821. The molecule has 3 rings (SSSR count). The summed E-state index contributed by atoms with van der Waals surface area (Å²) in [6.07, 6.45) is 1.17. The van der Waals surface area contributed by atoms with Crippen molar-refractivity contribution in [1.82, 2.24) is 9.55 Å². The van der Waals surface area contributed by atoms with E-state index in [-0.39, 0.29) is 23.5 Å². The first-order valence-corrected chi connectivity index (χ1v) is 8.62. The molecule has 0 unspecified atom stereocenters. The van der Waals surface area contributed by atoms with Crippen molar-refractivity contribution in [2.24, 2.45) is 0 Å². The number of carbonyl (C=O) groups is 2. The van der Waals surface area contributed by atoms with Crippen LogP contribution >= 0.6 is 0 Å². The number of carbonyl (C=O) groups excluding carboxylic acids is 2. The average Bonchev–Trinajstić information content (AvgIpc) is 2.86. The molecule has 0 atom stereocenters. The van der Waals surface area contributed by atoms with E-state index in [1.165, 1.54) is 13.1 Å². The predicted octanol–water partition coefficient (Wildman–Crippen LogP) is 1.35. The van der Waals surface area contributed by atoms with Gasteiger partial charge in [-0.3, -0.25) is 19.1 Å². The lowest BCUT2D eigenvalue weighted by Crippen LogP contribution is -2.33. The van der Waals surface area contributed by atoms with Gasteiger partial charge in [0.05, 0.1) is 12.3 Å². The Balaban J connectivity index is 2.16. The first-order valence-electron chi connectivity index (χ1n) is 8.62. The second kappa shape index (κ2) is 6.53. The van der Waals surface area contributed by atoms with Crippen molar-refractivity contribution in [3.8, 4) is 5.69 Å². The maximum Gasteiger partial charge on any atom is 0.345 e. The van der Waals surface area contributed by atoms with Crippen LogP contribution in [0.1, 0.15) is 43.6 Å². The summed E-state index contributed by atoms with van der Waals surface area (Å²) in [7, 11) is 0. The molecule has 0 radical (unpaired) electrons. The SMILES string of the molecule is CCOC(=O)c1cn(-c2ccc3c(c2)N(C(C)=O)CC3(C)C)c(=O)[nH]c1=O. The van der Waals surface area contributed by atoms with Crippen molar-refractivity contribution in [1.29, 1.82) is 0 Å². The molecule has 1 aliphatic heterocycles. The van der Waals surface area contributed by atoms with Crippen LogP contribution in [0.4, 0.5) is 5.69 Å². The van der Waals surface area contributed by atoms with Gasteiger partial charge >= 0.3 is 11.7 Å². The smallest absolute Gasteiger partial charge is 0.345 e. The highest BCUT2D eigenvalue weighted by Crippen LogP contribution is 2.41. The third-order valence-corrected chi connectivity index (χ3v) is 4.65. The van der Waals surface area contributed by atoms with Crippen LogP contribution in [0, 0.1) is 0 Å². The molecule has 2 heterocycles. The van der Waals surface area contributed by atoms with E-state index in [4.69, 9.17) is 4.74 Å². The Morgan fingerprint density at radius 3 is 2.59 bits per heavy atom. The van der Waals surface area contributed by atoms with Crippen LogP contribution in [0.5, 0.6) is 0 Å². The molecule has 142 valence electrons. The van der Waals surface area contributed by atoms with Gasteiger partial charge in [-0.05, 0) is 24.6 Å². The number of hydrogen-bond donors (Lipinski definition) is 1. The summed E-state index contributed by atoms with van der Waals surface area (Å²) in [5, 5.41) is 0. The summed E-state index contributed by atoms with van der Waals surface area (Å²) in [6.45, 7) is 7.84. The number of hydrogen-bond acceptors (Lipinski definition) is 5. The van der Waals surface area contributed by atoms with E-state index in [0.29, 0.717) is 17.9 Å². The average molecular weight is 371 g/mol. The molecule has 0 saturated carbocycles. The number of fused-ring (bicyclic) bond motifs is 1. The normalized spacial score (nSPS) is 14.7. The second-order valence-corrected chi connectivity index (χ2v) is 7.08. The number of H-pyrrole nitrogens is 1. The highest BCUT2D eigenvalue weighted by Gasteiger charge is 2.37. The predicted molar refractivity (Wildman–Crippen MR) is 99.7 cm³/mol. The van der Waals surface area contributed by atoms with Gasteiger partial charge in [-0.2, -0.15) is 0 Å². The second-order valence-electron chi connectivity index (χ2n) is 7.08. The van der Waals surface area contributed by atoms with E-state index in [2.05, 4.69) is 4.98 Å². The third kappa shape index (κ3) is 3.18. The van der Waals surface area contributed by atoms with Crippen LogP contribution in [-0.2, 0) is 14.9 Å². The molecule has 1 aromatic heterocycles. The molecule has 27 heavy (non-hydrogen) atoms. The molecule has 0 aliphatic carbocycles. The number of ether oxygens (including phenoxy) is 1. The molecule has 0 spiro atoms. The van der Waals surface area contributed by atoms with E-state index >= 15 is 0 Å². The largest absolute Gasteiger partial charge is 0.462 e. The van der Waals surface area contributed by atoms with Gasteiger partial charge < -0.3 is 9.64 Å². The minimum Gasteiger partial charge on any atom is -0.462 e. The topological polar surface area (TPSA) is 101 Å². The van der Waals surface area contributed by atoms with Crippen LogP contribution in [0.25, 0.3) is 5.69 Å². The first-order chi connectivity index (χ1) is 12.7. The summed E-state index contributed by atoms with van der Waals surface area (Å²) in [5.74, 6) is -0.903. The fourth-order valence-corrected chi connectivity index (χ4v) is 3.33. The van der Waals surface area contributed by atoms with Crippen molar-refractivity contribution in [3.05, 3.63) is 56.4 Å². The van der Waals surface area contributed by atoms with Gasteiger partial charge in [0, 0.05) is 30.8 Å². The van der Waals surface area contributed by atoms with Crippen LogP contribution in [-0.4, -0.2) is 34.6 Å². The zero-order valence-electron chi connectivity index (χ0n) is 15.7. The minimum absolute atomic E-state index is 0.0972. The number of rotatable bonds is 3. The fourth-order valence-electron chi connectivity index (χ4n) is 3.33. The van der Waals surface area contributed by atoms with Crippen LogP contribution in [0.3, 0.4) is 0 Å². The monoisotopic (exact) mass is 371 g/mol. The van der Waals surface area contributed by atoms with Gasteiger partial charge in [0.25, 0.3) is 5.56 Å². The van der Waals surface area contributed by atoms with Crippen LogP contribution < -0.4 is 16.1 Å². The first kappa shape index (κ1) is 18.6. The Labute approximate surface area is 155 Å². The zero-order valence-corrected chi connectivity index (χ0v) is 15.7. The fraction of sp³-hybridized carbons (Fsp3) is 0.368. The zero-order chi connectivity index (χ0) is 19.9. The molecule has 0 saturated heterocycles. The molecule has 1 amide bonds. The van der Waals surface area contributed by atoms with Crippen LogP contribution in [0.2, 0.25) is 0 Å². The summed E-state index contributed by atoms with van der Waals surface area (Å²) in [6, 6.07) is 5.29. The molecule has 2 aromatic rings. The van der Waals surface area contributed by atoms with Gasteiger partial charge in [0.15, 0.2) is 0 Å². The molecule has 0 fully saturated rings. The molecule has 1 N–H and O–H groups in total. The highest BCUT2D eigenvalue weighted by molar-refractivity contribution is 5.95.